The molecule has 0 spiro atoms. The lowest BCUT2D eigenvalue weighted by Gasteiger charge is -2.30. The summed E-state index contributed by atoms with van der Waals surface area (Å²) < 4.78 is 36.7. The average molecular weight is 568 g/mol. The number of amides is 2. The number of hydrogen-bond donors (Lipinski definition) is 1. The monoisotopic (exact) mass is 567 g/mol. The zero-order valence-corrected chi connectivity index (χ0v) is 24.4. The third-order valence-corrected chi connectivity index (χ3v) is 7.40. The normalized spacial score (nSPS) is 12.1. The molecule has 210 valence electrons. The van der Waals surface area contributed by atoms with Gasteiger partial charge in [-0.3, -0.25) is 13.9 Å². The van der Waals surface area contributed by atoms with Crippen LogP contribution in [0.5, 0.6) is 11.5 Å². The molecule has 9 nitrogen and oxygen atoms in total. The van der Waals surface area contributed by atoms with Crippen LogP contribution in [-0.4, -0.2) is 64.7 Å². The maximum absolute atomic E-state index is 13.4. The van der Waals surface area contributed by atoms with Crippen LogP contribution in [0.25, 0.3) is 0 Å². The highest BCUT2D eigenvalue weighted by Crippen LogP contribution is 2.30. The summed E-state index contributed by atoms with van der Waals surface area (Å²) in [6, 6.07) is 11.3. The van der Waals surface area contributed by atoms with E-state index in [-0.39, 0.29) is 48.7 Å². The molecule has 2 amide bonds. The van der Waals surface area contributed by atoms with Gasteiger partial charge < -0.3 is 19.7 Å². The minimum absolute atomic E-state index is 0.0433. The highest BCUT2D eigenvalue weighted by molar-refractivity contribution is 7.92. The maximum atomic E-state index is 13.4. The van der Waals surface area contributed by atoms with Gasteiger partial charge in [-0.1, -0.05) is 37.6 Å². The predicted molar refractivity (Wildman–Crippen MR) is 150 cm³/mol. The molecule has 11 heteroatoms. The van der Waals surface area contributed by atoms with Crippen molar-refractivity contribution in [1.82, 2.24) is 10.2 Å². The fraction of sp³-hybridized carbons (Fsp3) is 0.481. The Morgan fingerprint density at radius 2 is 1.76 bits per heavy atom. The predicted octanol–water partition coefficient (Wildman–Crippen LogP) is 4.09. The largest absolute Gasteiger partial charge is 0.497 e. The van der Waals surface area contributed by atoms with Crippen molar-refractivity contribution >= 4 is 39.1 Å². The van der Waals surface area contributed by atoms with E-state index in [1.807, 2.05) is 32.0 Å². The lowest BCUT2D eigenvalue weighted by molar-refractivity contribution is -0.140. The molecule has 0 saturated heterocycles. The highest BCUT2D eigenvalue weighted by Gasteiger charge is 2.27. The Kier molecular flexibility index (Phi) is 11.7. The number of ether oxygens (including phenoxy) is 2. The Morgan fingerprint density at radius 1 is 1.05 bits per heavy atom. The Bertz CT molecular complexity index is 1210. The first-order valence-corrected chi connectivity index (χ1v) is 14.6. The van der Waals surface area contributed by atoms with Gasteiger partial charge in [0.05, 0.1) is 31.2 Å². The van der Waals surface area contributed by atoms with E-state index in [9.17, 15) is 18.0 Å². The van der Waals surface area contributed by atoms with E-state index < -0.39 is 16.1 Å². The fourth-order valence-electron chi connectivity index (χ4n) is 3.82. The summed E-state index contributed by atoms with van der Waals surface area (Å²) in [6.45, 7) is 6.44. The molecule has 2 aromatic carbocycles. The summed E-state index contributed by atoms with van der Waals surface area (Å²) in [5, 5.41) is 3.17. The molecule has 2 aromatic rings. The van der Waals surface area contributed by atoms with Crippen molar-refractivity contribution in [3.8, 4) is 11.5 Å². The van der Waals surface area contributed by atoms with Gasteiger partial charge in [0.15, 0.2) is 0 Å². The number of rotatable bonds is 14. The van der Waals surface area contributed by atoms with E-state index in [1.54, 1.807) is 32.2 Å². The zero-order valence-electron chi connectivity index (χ0n) is 22.9. The third-order valence-electron chi connectivity index (χ3n) is 5.91. The number of carbonyl (C=O) groups is 2. The van der Waals surface area contributed by atoms with Crippen LogP contribution < -0.4 is 19.1 Å². The van der Waals surface area contributed by atoms with E-state index in [2.05, 4.69) is 5.32 Å². The molecular formula is C27H38ClN3O6S. The van der Waals surface area contributed by atoms with Gasteiger partial charge in [-0.05, 0) is 55.2 Å². The van der Waals surface area contributed by atoms with Crippen LogP contribution in [0.2, 0.25) is 5.02 Å². The average Bonchev–Trinajstić information content (AvgIpc) is 2.87. The molecule has 1 N–H and O–H groups in total. The molecule has 38 heavy (non-hydrogen) atoms. The van der Waals surface area contributed by atoms with E-state index in [0.29, 0.717) is 23.7 Å². The number of carbonyl (C=O) groups excluding carboxylic acids is 2. The van der Waals surface area contributed by atoms with Gasteiger partial charge in [0.1, 0.15) is 17.5 Å². The molecule has 0 bridgehead atoms. The smallest absolute Gasteiger partial charge is 0.242 e. The quantitative estimate of drug-likeness (QED) is 0.368. The second-order valence-electron chi connectivity index (χ2n) is 9.45. The Labute approximate surface area is 231 Å². The molecule has 1 unspecified atom stereocenters. The summed E-state index contributed by atoms with van der Waals surface area (Å²) in [6.07, 6.45) is 1.38. The number of anilines is 1. The molecule has 0 aromatic heterocycles. The summed E-state index contributed by atoms with van der Waals surface area (Å²) in [4.78, 5) is 27.8. The topological polar surface area (TPSA) is 105 Å². The van der Waals surface area contributed by atoms with Crippen LogP contribution in [-0.2, 0) is 26.2 Å². The molecule has 0 aliphatic carbocycles. The molecule has 0 heterocycles. The first-order chi connectivity index (χ1) is 17.9. The second-order valence-corrected chi connectivity index (χ2v) is 11.8. The first-order valence-electron chi connectivity index (χ1n) is 12.4. The zero-order chi connectivity index (χ0) is 28.5. The molecule has 0 aliphatic rings. The van der Waals surface area contributed by atoms with Crippen LogP contribution in [0.15, 0.2) is 42.5 Å². The van der Waals surface area contributed by atoms with Crippen molar-refractivity contribution in [2.45, 2.75) is 46.2 Å². The van der Waals surface area contributed by atoms with Crippen molar-refractivity contribution in [3.05, 3.63) is 53.1 Å². The van der Waals surface area contributed by atoms with Crippen molar-refractivity contribution in [3.63, 3.8) is 0 Å². The number of sulfonamides is 1. The van der Waals surface area contributed by atoms with Gasteiger partial charge >= 0.3 is 0 Å². The standard InChI is InChI=1S/C27H38ClN3O6S/c1-19(2)17-29-27(33)20(3)30(18-21-9-7-10-23(15-21)36-4)26(32)11-8-14-31(38(6,34)35)22-12-13-25(37-5)24(28)16-22/h7,9-10,12-13,15-16,19-20H,8,11,14,17-18H2,1-6H3,(H,29,33). The molecular weight excluding hydrogens is 530 g/mol. The van der Waals surface area contributed by atoms with Crippen LogP contribution in [0, 0.1) is 5.92 Å². The van der Waals surface area contributed by atoms with E-state index >= 15 is 0 Å². The Morgan fingerprint density at radius 3 is 2.34 bits per heavy atom. The SMILES string of the molecule is COc1cccc(CN(C(=O)CCCN(c2ccc(OC)c(Cl)c2)S(C)(=O)=O)C(C)C(=O)NCC(C)C)c1. The van der Waals surface area contributed by atoms with Crippen molar-refractivity contribution in [1.29, 1.82) is 0 Å². The van der Waals surface area contributed by atoms with Crippen molar-refractivity contribution in [2.75, 3.05) is 37.9 Å². The summed E-state index contributed by atoms with van der Waals surface area (Å²) >= 11 is 6.20. The minimum Gasteiger partial charge on any atom is -0.497 e. The third kappa shape index (κ3) is 9.09. The molecule has 0 aliphatic heterocycles. The number of nitrogens with one attached hydrogen (secondary N) is 1. The van der Waals surface area contributed by atoms with Gasteiger partial charge in [0.25, 0.3) is 0 Å². The van der Waals surface area contributed by atoms with E-state index in [4.69, 9.17) is 21.1 Å². The number of nitrogens with zero attached hydrogens (tertiary/aromatic N) is 2. The van der Waals surface area contributed by atoms with Gasteiger partial charge in [0, 0.05) is 26.1 Å². The van der Waals surface area contributed by atoms with Crippen LogP contribution in [0.1, 0.15) is 39.2 Å². The minimum atomic E-state index is -3.64. The van der Waals surface area contributed by atoms with Gasteiger partial charge in [-0.15, -0.1) is 0 Å². The lowest BCUT2D eigenvalue weighted by Crippen LogP contribution is -2.48. The van der Waals surface area contributed by atoms with Crippen LogP contribution in [0.3, 0.4) is 0 Å². The fourth-order valence-corrected chi connectivity index (χ4v) is 5.03. The summed E-state index contributed by atoms with van der Waals surface area (Å²) in [7, 11) is -0.606. The van der Waals surface area contributed by atoms with E-state index in [1.165, 1.54) is 22.4 Å². The molecule has 2 rings (SSSR count). The van der Waals surface area contributed by atoms with Gasteiger partial charge in [0.2, 0.25) is 21.8 Å². The summed E-state index contributed by atoms with van der Waals surface area (Å²) in [5.41, 5.74) is 1.19. The van der Waals surface area contributed by atoms with Crippen LogP contribution in [0.4, 0.5) is 5.69 Å². The van der Waals surface area contributed by atoms with Crippen molar-refractivity contribution in [2.24, 2.45) is 5.92 Å². The van der Waals surface area contributed by atoms with Crippen molar-refractivity contribution < 1.29 is 27.5 Å². The number of halogens is 1. The first kappa shape index (κ1) is 31.2. The molecule has 1 atom stereocenters. The Hall–Kier alpha value is -2.98. The number of benzene rings is 2. The van der Waals surface area contributed by atoms with Crippen LogP contribution >= 0.6 is 11.6 Å². The highest BCUT2D eigenvalue weighted by atomic mass is 35.5. The lowest BCUT2D eigenvalue weighted by atomic mass is 10.1. The Balaban J connectivity index is 2.20. The van der Waals surface area contributed by atoms with Gasteiger partial charge in [-0.2, -0.15) is 0 Å². The molecule has 0 fully saturated rings. The second kappa shape index (κ2) is 14.2. The maximum Gasteiger partial charge on any atom is 0.242 e. The van der Waals surface area contributed by atoms with Gasteiger partial charge in [-0.25, -0.2) is 8.42 Å². The van der Waals surface area contributed by atoms with E-state index in [0.717, 1.165) is 11.8 Å². The number of hydrogen-bond acceptors (Lipinski definition) is 6. The summed E-state index contributed by atoms with van der Waals surface area (Å²) in [5.74, 6) is 0.828. The number of methoxy groups -OCH3 is 2. The molecule has 0 radical (unpaired) electrons. The molecule has 0 saturated carbocycles.